The summed E-state index contributed by atoms with van der Waals surface area (Å²) in [6, 6.07) is 10.3. The Hall–Kier alpha value is -2.47. The van der Waals surface area contributed by atoms with E-state index in [0.29, 0.717) is 18.7 Å². The van der Waals surface area contributed by atoms with Crippen LogP contribution in [0.5, 0.6) is 0 Å². The van der Waals surface area contributed by atoms with E-state index in [4.69, 9.17) is 4.42 Å². The highest BCUT2D eigenvalue weighted by atomic mass is 19.1. The Morgan fingerprint density at radius 1 is 1.32 bits per heavy atom. The first-order valence-corrected chi connectivity index (χ1v) is 7.08. The Morgan fingerprint density at radius 3 is 2.91 bits per heavy atom. The predicted octanol–water partition coefficient (Wildman–Crippen LogP) is 2.48. The molecule has 0 bridgehead atoms. The summed E-state index contributed by atoms with van der Waals surface area (Å²) < 4.78 is 19.6. The Morgan fingerprint density at radius 2 is 2.14 bits per heavy atom. The lowest BCUT2D eigenvalue weighted by molar-refractivity contribution is 0.475. The SMILES string of the molecule is C[C@@H](NCCn1c(=O)oc2ccccc21)c1ccc(F)cn1. The summed E-state index contributed by atoms with van der Waals surface area (Å²) >= 11 is 0. The molecule has 2 aromatic heterocycles. The molecule has 3 aromatic rings. The van der Waals surface area contributed by atoms with Gasteiger partial charge in [-0.05, 0) is 31.2 Å². The number of rotatable bonds is 5. The van der Waals surface area contributed by atoms with Crippen LogP contribution in [0.15, 0.2) is 51.8 Å². The number of aromatic nitrogens is 2. The standard InChI is InChI=1S/C16H16FN3O2/c1-11(13-7-6-12(17)10-19-13)18-8-9-20-14-4-2-3-5-15(14)22-16(20)21/h2-7,10-11,18H,8-9H2,1H3/t11-/m1/s1. The van der Waals surface area contributed by atoms with Gasteiger partial charge in [-0.3, -0.25) is 9.55 Å². The molecule has 1 aromatic carbocycles. The molecule has 0 spiro atoms. The average molecular weight is 301 g/mol. The molecule has 0 saturated heterocycles. The Bertz CT molecular complexity index is 823. The molecule has 2 heterocycles. The van der Waals surface area contributed by atoms with Gasteiger partial charge >= 0.3 is 5.76 Å². The molecular formula is C16H16FN3O2. The van der Waals surface area contributed by atoms with E-state index in [-0.39, 0.29) is 17.6 Å². The summed E-state index contributed by atoms with van der Waals surface area (Å²) in [5.41, 5.74) is 2.12. The second kappa shape index (κ2) is 6.11. The van der Waals surface area contributed by atoms with Gasteiger partial charge < -0.3 is 9.73 Å². The lowest BCUT2D eigenvalue weighted by Gasteiger charge is -2.13. The molecule has 6 heteroatoms. The third-order valence-corrected chi connectivity index (χ3v) is 3.55. The molecule has 0 unspecified atom stereocenters. The zero-order valence-corrected chi connectivity index (χ0v) is 12.1. The van der Waals surface area contributed by atoms with Gasteiger partial charge in [0.2, 0.25) is 0 Å². The van der Waals surface area contributed by atoms with Crippen LogP contribution in [0.3, 0.4) is 0 Å². The van der Waals surface area contributed by atoms with Gasteiger partial charge in [0, 0.05) is 19.1 Å². The second-order valence-corrected chi connectivity index (χ2v) is 5.06. The van der Waals surface area contributed by atoms with Gasteiger partial charge in [-0.1, -0.05) is 12.1 Å². The van der Waals surface area contributed by atoms with Crippen LogP contribution in [0.4, 0.5) is 4.39 Å². The van der Waals surface area contributed by atoms with Crippen LogP contribution in [0.1, 0.15) is 18.7 Å². The zero-order chi connectivity index (χ0) is 15.5. The highest BCUT2D eigenvalue weighted by molar-refractivity contribution is 5.72. The van der Waals surface area contributed by atoms with E-state index in [1.54, 1.807) is 16.7 Å². The molecule has 114 valence electrons. The first kappa shape index (κ1) is 14.5. The van der Waals surface area contributed by atoms with E-state index in [0.717, 1.165) is 11.2 Å². The minimum atomic E-state index is -0.365. The van der Waals surface area contributed by atoms with Gasteiger partial charge in [0.15, 0.2) is 5.58 Å². The number of oxazole rings is 1. The zero-order valence-electron chi connectivity index (χ0n) is 12.1. The van der Waals surface area contributed by atoms with Gasteiger partial charge in [-0.25, -0.2) is 9.18 Å². The van der Waals surface area contributed by atoms with E-state index < -0.39 is 0 Å². The lowest BCUT2D eigenvalue weighted by Crippen LogP contribution is -2.27. The smallest absolute Gasteiger partial charge is 0.408 e. The molecule has 1 N–H and O–H groups in total. The van der Waals surface area contributed by atoms with Gasteiger partial charge in [0.05, 0.1) is 17.4 Å². The molecule has 22 heavy (non-hydrogen) atoms. The Balaban J connectivity index is 1.66. The van der Waals surface area contributed by atoms with Crippen LogP contribution < -0.4 is 11.1 Å². The van der Waals surface area contributed by atoms with Crippen molar-refractivity contribution in [3.05, 3.63) is 64.7 Å². The summed E-state index contributed by atoms with van der Waals surface area (Å²) in [6.45, 7) is 3.00. The monoisotopic (exact) mass is 301 g/mol. The van der Waals surface area contributed by atoms with E-state index in [9.17, 15) is 9.18 Å². The fourth-order valence-electron chi connectivity index (χ4n) is 2.37. The maximum absolute atomic E-state index is 12.8. The highest BCUT2D eigenvalue weighted by Crippen LogP contribution is 2.12. The molecule has 0 radical (unpaired) electrons. The number of benzene rings is 1. The quantitative estimate of drug-likeness (QED) is 0.786. The van der Waals surface area contributed by atoms with Crippen molar-refractivity contribution in [2.75, 3.05) is 6.54 Å². The van der Waals surface area contributed by atoms with Crippen molar-refractivity contribution in [1.29, 1.82) is 0 Å². The number of hydrogen-bond donors (Lipinski definition) is 1. The van der Waals surface area contributed by atoms with Gasteiger partial charge in [-0.15, -0.1) is 0 Å². The van der Waals surface area contributed by atoms with Gasteiger partial charge in [0.1, 0.15) is 5.82 Å². The normalized spacial score (nSPS) is 12.6. The maximum atomic E-state index is 12.8. The fraction of sp³-hybridized carbons (Fsp3) is 0.250. The number of nitrogens with zero attached hydrogens (tertiary/aromatic N) is 2. The first-order valence-electron chi connectivity index (χ1n) is 7.08. The molecule has 0 saturated carbocycles. The lowest BCUT2D eigenvalue weighted by atomic mass is 10.2. The van der Waals surface area contributed by atoms with Crippen molar-refractivity contribution in [3.63, 3.8) is 0 Å². The third-order valence-electron chi connectivity index (χ3n) is 3.55. The van der Waals surface area contributed by atoms with Crippen LogP contribution in [-0.2, 0) is 6.54 Å². The summed E-state index contributed by atoms with van der Waals surface area (Å²) in [7, 11) is 0. The van der Waals surface area contributed by atoms with Crippen LogP contribution in [0.2, 0.25) is 0 Å². The summed E-state index contributed by atoms with van der Waals surface area (Å²) in [5.74, 6) is -0.720. The van der Waals surface area contributed by atoms with E-state index >= 15 is 0 Å². The highest BCUT2D eigenvalue weighted by Gasteiger charge is 2.10. The average Bonchev–Trinajstić information content (AvgIpc) is 2.84. The Kier molecular flexibility index (Phi) is 4.02. The first-order chi connectivity index (χ1) is 10.6. The molecular weight excluding hydrogens is 285 g/mol. The second-order valence-electron chi connectivity index (χ2n) is 5.06. The minimum Gasteiger partial charge on any atom is -0.408 e. The number of halogens is 1. The van der Waals surface area contributed by atoms with Crippen molar-refractivity contribution >= 4 is 11.1 Å². The minimum absolute atomic E-state index is 0.0329. The number of hydrogen-bond acceptors (Lipinski definition) is 4. The van der Waals surface area contributed by atoms with E-state index in [1.807, 2.05) is 25.1 Å². The van der Waals surface area contributed by atoms with Crippen molar-refractivity contribution in [2.24, 2.45) is 0 Å². The number of nitrogens with one attached hydrogen (secondary N) is 1. The molecule has 0 amide bonds. The molecule has 0 fully saturated rings. The topological polar surface area (TPSA) is 60.1 Å². The summed E-state index contributed by atoms with van der Waals surface area (Å²) in [5, 5.41) is 3.26. The summed E-state index contributed by atoms with van der Waals surface area (Å²) in [4.78, 5) is 15.9. The third kappa shape index (κ3) is 2.92. The largest absolute Gasteiger partial charge is 0.419 e. The molecule has 0 aliphatic rings. The van der Waals surface area contributed by atoms with Crippen LogP contribution in [0, 0.1) is 5.82 Å². The van der Waals surface area contributed by atoms with Crippen molar-refractivity contribution in [3.8, 4) is 0 Å². The fourth-order valence-corrected chi connectivity index (χ4v) is 2.37. The van der Waals surface area contributed by atoms with Crippen molar-refractivity contribution < 1.29 is 8.81 Å². The predicted molar refractivity (Wildman–Crippen MR) is 81.1 cm³/mol. The Labute approximate surface area is 126 Å². The van der Waals surface area contributed by atoms with E-state index in [2.05, 4.69) is 10.3 Å². The maximum Gasteiger partial charge on any atom is 0.419 e. The molecule has 1 atom stereocenters. The molecule has 5 nitrogen and oxygen atoms in total. The molecule has 0 aliphatic carbocycles. The molecule has 3 rings (SSSR count). The van der Waals surface area contributed by atoms with Crippen LogP contribution in [0.25, 0.3) is 11.1 Å². The number of para-hydroxylation sites is 2. The van der Waals surface area contributed by atoms with Crippen LogP contribution in [-0.4, -0.2) is 16.1 Å². The summed E-state index contributed by atoms with van der Waals surface area (Å²) in [6.07, 6.45) is 1.20. The van der Waals surface area contributed by atoms with Crippen molar-refractivity contribution in [2.45, 2.75) is 19.5 Å². The van der Waals surface area contributed by atoms with Gasteiger partial charge in [-0.2, -0.15) is 0 Å². The number of fused-ring (bicyclic) bond motifs is 1. The molecule has 0 aliphatic heterocycles. The van der Waals surface area contributed by atoms with Gasteiger partial charge in [0.25, 0.3) is 0 Å². The number of pyridine rings is 1. The van der Waals surface area contributed by atoms with E-state index in [1.165, 1.54) is 12.3 Å². The van der Waals surface area contributed by atoms with Crippen molar-refractivity contribution in [1.82, 2.24) is 14.9 Å². The van der Waals surface area contributed by atoms with Crippen LogP contribution >= 0.6 is 0 Å².